The number of hydrogen-bond donors (Lipinski definition) is 1. The summed E-state index contributed by atoms with van der Waals surface area (Å²) < 4.78 is 6.76. The van der Waals surface area contributed by atoms with Crippen molar-refractivity contribution in [3.8, 4) is 0 Å². The molecule has 5 heteroatoms. The first-order valence-electron chi connectivity index (χ1n) is 7.28. The Kier molecular flexibility index (Phi) is 5.02. The second kappa shape index (κ2) is 6.39. The van der Waals surface area contributed by atoms with Crippen LogP contribution >= 0.6 is 15.9 Å². The van der Waals surface area contributed by atoms with Crippen molar-refractivity contribution in [3.63, 3.8) is 0 Å². The first-order valence-corrected chi connectivity index (χ1v) is 8.07. The number of hydrogen-bond acceptors (Lipinski definition) is 4. The fraction of sp³-hybridized carbons (Fsp3) is 0.733. The fourth-order valence-electron chi connectivity index (χ4n) is 2.42. The van der Waals surface area contributed by atoms with Crippen LogP contribution < -0.4 is 5.32 Å². The number of anilines is 1. The van der Waals surface area contributed by atoms with Crippen LogP contribution in [-0.4, -0.2) is 29.7 Å². The normalized spacial score (nSPS) is 19.9. The van der Waals surface area contributed by atoms with Gasteiger partial charge in [0.25, 0.3) is 0 Å². The Balaban J connectivity index is 2.28. The fourth-order valence-corrected chi connectivity index (χ4v) is 3.39. The summed E-state index contributed by atoms with van der Waals surface area (Å²) in [6, 6.07) is 0. The van der Waals surface area contributed by atoms with Crippen LogP contribution in [0.15, 0.2) is 4.47 Å². The summed E-state index contributed by atoms with van der Waals surface area (Å²) in [7, 11) is 1.89. The molecule has 0 aromatic carbocycles. The summed E-state index contributed by atoms with van der Waals surface area (Å²) in [5.41, 5.74) is 1.03. The molecule has 4 nitrogen and oxygen atoms in total. The maximum atomic E-state index is 5.80. The van der Waals surface area contributed by atoms with Crippen molar-refractivity contribution < 1.29 is 4.74 Å². The number of aromatic nitrogens is 2. The van der Waals surface area contributed by atoms with E-state index in [4.69, 9.17) is 9.72 Å². The van der Waals surface area contributed by atoms with E-state index in [0.29, 0.717) is 0 Å². The van der Waals surface area contributed by atoms with E-state index in [1.165, 1.54) is 12.8 Å². The maximum absolute atomic E-state index is 5.80. The van der Waals surface area contributed by atoms with Gasteiger partial charge in [-0.05, 0) is 35.2 Å². The molecule has 1 N–H and O–H groups in total. The Bertz CT molecular complexity index is 465. The van der Waals surface area contributed by atoms with Crippen molar-refractivity contribution in [1.29, 1.82) is 0 Å². The van der Waals surface area contributed by atoms with E-state index in [2.05, 4.69) is 47.0 Å². The highest BCUT2D eigenvalue weighted by Gasteiger charge is 2.24. The van der Waals surface area contributed by atoms with Gasteiger partial charge in [-0.2, -0.15) is 0 Å². The molecule has 0 aliphatic carbocycles. The third-order valence-electron chi connectivity index (χ3n) is 3.53. The summed E-state index contributed by atoms with van der Waals surface area (Å²) in [6.07, 6.45) is 4.59. The largest absolute Gasteiger partial charge is 0.378 e. The van der Waals surface area contributed by atoms with Crippen molar-refractivity contribution in [2.45, 2.75) is 58.0 Å². The molecule has 0 spiro atoms. The van der Waals surface area contributed by atoms with Crippen molar-refractivity contribution >= 4 is 21.7 Å². The molecule has 0 radical (unpaired) electrons. The minimum Gasteiger partial charge on any atom is -0.378 e. The lowest BCUT2D eigenvalue weighted by Crippen LogP contribution is -2.24. The van der Waals surface area contributed by atoms with E-state index >= 15 is 0 Å². The van der Waals surface area contributed by atoms with E-state index in [1.54, 1.807) is 0 Å². The molecule has 2 rings (SSSR count). The molecule has 1 aromatic heterocycles. The average Bonchev–Trinajstić information content (AvgIpc) is 2.40. The molecular weight excluding hydrogens is 318 g/mol. The predicted molar refractivity (Wildman–Crippen MR) is 85.3 cm³/mol. The molecule has 0 amide bonds. The van der Waals surface area contributed by atoms with Gasteiger partial charge in [0.15, 0.2) is 0 Å². The molecule has 1 atom stereocenters. The topological polar surface area (TPSA) is 47.0 Å². The van der Waals surface area contributed by atoms with Crippen molar-refractivity contribution in [1.82, 2.24) is 9.97 Å². The highest BCUT2D eigenvalue weighted by Crippen LogP contribution is 2.32. The molecule has 1 aliphatic rings. The highest BCUT2D eigenvalue weighted by molar-refractivity contribution is 9.10. The van der Waals surface area contributed by atoms with Crippen LogP contribution in [0.1, 0.15) is 51.6 Å². The summed E-state index contributed by atoms with van der Waals surface area (Å²) >= 11 is 3.62. The highest BCUT2D eigenvalue weighted by atomic mass is 79.9. The molecule has 112 valence electrons. The number of rotatable bonds is 3. The number of nitrogens with zero attached hydrogens (tertiary/aromatic N) is 2. The smallest absolute Gasteiger partial charge is 0.144 e. The van der Waals surface area contributed by atoms with E-state index < -0.39 is 0 Å². The van der Waals surface area contributed by atoms with Gasteiger partial charge in [-0.15, -0.1) is 0 Å². The van der Waals surface area contributed by atoms with Gasteiger partial charge in [0.05, 0.1) is 16.3 Å². The Morgan fingerprint density at radius 2 is 2.05 bits per heavy atom. The Hall–Kier alpha value is -0.680. The Morgan fingerprint density at radius 1 is 1.30 bits per heavy atom. The van der Waals surface area contributed by atoms with Gasteiger partial charge >= 0.3 is 0 Å². The van der Waals surface area contributed by atoms with Crippen molar-refractivity contribution in [2.24, 2.45) is 0 Å². The second-order valence-corrected chi connectivity index (χ2v) is 7.14. The average molecular weight is 342 g/mol. The lowest BCUT2D eigenvalue weighted by molar-refractivity contribution is 0.0156. The van der Waals surface area contributed by atoms with Crippen LogP contribution in [0, 0.1) is 0 Å². The SMILES string of the molecule is CNc1nc(CC2CCCCO2)nc(C(C)(C)C)c1Br. The number of nitrogens with one attached hydrogen (secondary N) is 1. The molecule has 1 aliphatic heterocycles. The number of halogens is 1. The zero-order valence-electron chi connectivity index (χ0n) is 12.8. The minimum absolute atomic E-state index is 0.0183. The van der Waals surface area contributed by atoms with Crippen LogP contribution in [0.2, 0.25) is 0 Å². The molecule has 1 saturated heterocycles. The molecular formula is C15H24BrN3O. The predicted octanol–water partition coefficient (Wildman–Crippen LogP) is 3.69. The van der Waals surface area contributed by atoms with Gasteiger partial charge in [0.2, 0.25) is 0 Å². The van der Waals surface area contributed by atoms with Crippen LogP contribution in [0.5, 0.6) is 0 Å². The monoisotopic (exact) mass is 341 g/mol. The Labute approximate surface area is 129 Å². The van der Waals surface area contributed by atoms with E-state index in [9.17, 15) is 0 Å². The summed E-state index contributed by atoms with van der Waals surface area (Å²) in [6.45, 7) is 7.37. The van der Waals surface area contributed by atoms with Gasteiger partial charge in [0.1, 0.15) is 11.6 Å². The molecule has 1 fully saturated rings. The van der Waals surface area contributed by atoms with Gasteiger partial charge in [0, 0.05) is 25.5 Å². The summed E-state index contributed by atoms with van der Waals surface area (Å²) in [4.78, 5) is 9.38. The van der Waals surface area contributed by atoms with Crippen molar-refractivity contribution in [3.05, 3.63) is 16.0 Å². The molecule has 20 heavy (non-hydrogen) atoms. The van der Waals surface area contributed by atoms with Crippen LogP contribution in [0.4, 0.5) is 5.82 Å². The molecule has 1 unspecified atom stereocenters. The third-order valence-corrected chi connectivity index (χ3v) is 4.28. The van der Waals surface area contributed by atoms with Crippen LogP contribution in [0.25, 0.3) is 0 Å². The van der Waals surface area contributed by atoms with Gasteiger partial charge in [-0.25, -0.2) is 9.97 Å². The standard InChI is InChI=1S/C15H24BrN3O/c1-15(2,3)13-12(16)14(17-4)19-11(18-13)9-10-7-5-6-8-20-10/h10H,5-9H2,1-4H3,(H,17,18,19). The third kappa shape index (κ3) is 3.70. The minimum atomic E-state index is -0.0183. The molecule has 0 bridgehead atoms. The zero-order chi connectivity index (χ0) is 14.8. The molecule has 1 aromatic rings. The van der Waals surface area contributed by atoms with Crippen molar-refractivity contribution in [2.75, 3.05) is 19.0 Å². The lowest BCUT2D eigenvalue weighted by atomic mass is 9.91. The summed E-state index contributed by atoms with van der Waals surface area (Å²) in [5, 5.41) is 3.15. The molecule has 2 heterocycles. The quantitative estimate of drug-likeness (QED) is 0.910. The number of ether oxygens (including phenoxy) is 1. The lowest BCUT2D eigenvalue weighted by Gasteiger charge is -2.24. The molecule has 0 saturated carbocycles. The summed E-state index contributed by atoms with van der Waals surface area (Å²) in [5.74, 6) is 1.73. The van der Waals surface area contributed by atoms with Gasteiger partial charge in [-0.1, -0.05) is 20.8 Å². The van der Waals surface area contributed by atoms with E-state index in [-0.39, 0.29) is 11.5 Å². The first-order chi connectivity index (χ1) is 9.41. The van der Waals surface area contributed by atoms with Crippen LogP contribution in [-0.2, 0) is 16.6 Å². The maximum Gasteiger partial charge on any atom is 0.144 e. The first kappa shape index (κ1) is 15.7. The van der Waals surface area contributed by atoms with Crippen LogP contribution in [0.3, 0.4) is 0 Å². The van der Waals surface area contributed by atoms with Gasteiger partial charge < -0.3 is 10.1 Å². The zero-order valence-corrected chi connectivity index (χ0v) is 14.4. The van der Waals surface area contributed by atoms with E-state index in [0.717, 1.165) is 41.3 Å². The second-order valence-electron chi connectivity index (χ2n) is 6.34. The Morgan fingerprint density at radius 3 is 2.60 bits per heavy atom. The van der Waals surface area contributed by atoms with Gasteiger partial charge in [-0.3, -0.25) is 0 Å². The van der Waals surface area contributed by atoms with E-state index in [1.807, 2.05) is 7.05 Å².